The van der Waals surface area contributed by atoms with Crippen LogP contribution >= 0.6 is 0 Å². The topological polar surface area (TPSA) is 111 Å². The van der Waals surface area contributed by atoms with Gasteiger partial charge in [0.25, 0.3) is 0 Å². The Labute approximate surface area is 165 Å². The van der Waals surface area contributed by atoms with Gasteiger partial charge in [-0.2, -0.15) is 0 Å². The smallest absolute Gasteiger partial charge is 0.408 e. The van der Waals surface area contributed by atoms with Crippen LogP contribution in [-0.4, -0.2) is 47.0 Å². The first-order valence-corrected chi connectivity index (χ1v) is 8.91. The monoisotopic (exact) mass is 395 g/mol. The molecule has 156 valence electrons. The summed E-state index contributed by atoms with van der Waals surface area (Å²) in [6.07, 6.45) is -0.697. The Morgan fingerprint density at radius 3 is 2.00 bits per heavy atom. The maximum Gasteiger partial charge on any atom is 0.408 e. The molecule has 0 aliphatic heterocycles. The Kier molecular flexibility index (Phi) is 7.84. The zero-order valence-corrected chi connectivity index (χ0v) is 17.2. The molecule has 0 saturated heterocycles. The molecule has 0 heterocycles. The lowest BCUT2D eigenvalue weighted by atomic mass is 10.1. The second-order valence-corrected chi connectivity index (χ2v) is 8.26. The fourth-order valence-electron chi connectivity index (χ4n) is 2.11. The number of alkyl carbamates (subject to hydrolysis) is 1. The Bertz CT molecular complexity index is 684. The van der Waals surface area contributed by atoms with Gasteiger partial charge in [-0.25, -0.2) is 14.4 Å². The summed E-state index contributed by atoms with van der Waals surface area (Å²) in [5.74, 6) is -1.42. The van der Waals surface area contributed by atoms with Gasteiger partial charge >= 0.3 is 18.0 Å². The first kappa shape index (κ1) is 23.3. The highest BCUT2D eigenvalue weighted by Gasteiger charge is 2.27. The number of ether oxygens (including phenoxy) is 3. The van der Waals surface area contributed by atoms with Crippen molar-refractivity contribution in [1.29, 1.82) is 0 Å². The quantitative estimate of drug-likeness (QED) is 0.563. The van der Waals surface area contributed by atoms with E-state index in [2.05, 4.69) is 5.32 Å². The van der Waals surface area contributed by atoms with Crippen LogP contribution in [0.15, 0.2) is 24.3 Å². The highest BCUT2D eigenvalue weighted by atomic mass is 16.6. The molecule has 0 aliphatic rings. The van der Waals surface area contributed by atoms with Gasteiger partial charge in [-0.05, 0) is 59.2 Å². The number of rotatable bonds is 6. The highest BCUT2D eigenvalue weighted by Crippen LogP contribution is 2.13. The third-order valence-electron chi connectivity index (χ3n) is 3.10. The van der Waals surface area contributed by atoms with Crippen LogP contribution in [0, 0.1) is 0 Å². The van der Waals surface area contributed by atoms with E-state index in [-0.39, 0.29) is 12.2 Å². The van der Waals surface area contributed by atoms with E-state index >= 15 is 0 Å². The minimum Gasteiger partial charge on any atom is -0.508 e. The number of phenolic OH excluding ortho intramolecular Hbond substituents is 1. The number of hydrogen-bond donors (Lipinski definition) is 2. The van der Waals surface area contributed by atoms with Crippen molar-refractivity contribution in [3.05, 3.63) is 29.8 Å². The third kappa shape index (κ3) is 9.80. The van der Waals surface area contributed by atoms with E-state index in [0.717, 1.165) is 0 Å². The molecular weight excluding hydrogens is 366 g/mol. The van der Waals surface area contributed by atoms with Crippen LogP contribution in [0.3, 0.4) is 0 Å². The van der Waals surface area contributed by atoms with Crippen LogP contribution < -0.4 is 5.32 Å². The first-order chi connectivity index (χ1) is 12.7. The van der Waals surface area contributed by atoms with E-state index in [1.807, 2.05) is 0 Å². The summed E-state index contributed by atoms with van der Waals surface area (Å²) in [6.45, 7) is 9.62. The molecule has 1 aromatic rings. The van der Waals surface area contributed by atoms with Crippen molar-refractivity contribution in [2.24, 2.45) is 0 Å². The number of carbonyl (C=O) groups excluding carboxylic acids is 3. The number of carbonyl (C=O) groups is 3. The molecule has 2 N–H and O–H groups in total. The summed E-state index contributed by atoms with van der Waals surface area (Å²) >= 11 is 0. The highest BCUT2D eigenvalue weighted by molar-refractivity contribution is 5.83. The number of phenols is 1. The molecule has 0 aliphatic carbocycles. The van der Waals surface area contributed by atoms with Crippen molar-refractivity contribution >= 4 is 18.0 Å². The average Bonchev–Trinajstić information content (AvgIpc) is 2.50. The van der Waals surface area contributed by atoms with Gasteiger partial charge in [0.05, 0.1) is 0 Å². The SMILES string of the molecule is CC(C)(C)OC(=O)COC(=O)[C@H](Cc1ccc(O)cc1)NC(=O)OC(C)(C)C. The second-order valence-electron chi connectivity index (χ2n) is 8.26. The molecule has 8 heteroatoms. The van der Waals surface area contributed by atoms with E-state index in [9.17, 15) is 19.5 Å². The third-order valence-corrected chi connectivity index (χ3v) is 3.10. The number of hydrogen-bond acceptors (Lipinski definition) is 7. The molecule has 1 aromatic carbocycles. The second kappa shape index (κ2) is 9.43. The van der Waals surface area contributed by atoms with Gasteiger partial charge in [0.2, 0.25) is 0 Å². The molecule has 0 spiro atoms. The lowest BCUT2D eigenvalue weighted by molar-refractivity contribution is -0.167. The molecule has 0 bridgehead atoms. The number of aromatic hydroxyl groups is 1. The zero-order valence-electron chi connectivity index (χ0n) is 17.2. The molecule has 0 radical (unpaired) electrons. The van der Waals surface area contributed by atoms with Gasteiger partial charge in [0.1, 0.15) is 23.0 Å². The lowest BCUT2D eigenvalue weighted by Crippen LogP contribution is -2.46. The molecular formula is C20H29NO7. The van der Waals surface area contributed by atoms with E-state index < -0.39 is 41.9 Å². The van der Waals surface area contributed by atoms with Crippen LogP contribution in [0.5, 0.6) is 5.75 Å². The van der Waals surface area contributed by atoms with Gasteiger partial charge in [-0.1, -0.05) is 12.1 Å². The molecule has 0 aromatic heterocycles. The van der Waals surface area contributed by atoms with Crippen molar-refractivity contribution < 1.29 is 33.7 Å². The number of esters is 2. The summed E-state index contributed by atoms with van der Waals surface area (Å²) in [7, 11) is 0. The van der Waals surface area contributed by atoms with E-state index in [1.54, 1.807) is 53.7 Å². The van der Waals surface area contributed by atoms with E-state index in [4.69, 9.17) is 14.2 Å². The number of benzene rings is 1. The molecule has 1 amide bonds. The maximum absolute atomic E-state index is 12.4. The van der Waals surface area contributed by atoms with Gasteiger partial charge < -0.3 is 24.6 Å². The van der Waals surface area contributed by atoms with Crippen LogP contribution in [0.25, 0.3) is 0 Å². The molecule has 0 saturated carbocycles. The van der Waals surface area contributed by atoms with Crippen LogP contribution in [0.2, 0.25) is 0 Å². The lowest BCUT2D eigenvalue weighted by Gasteiger charge is -2.23. The fraction of sp³-hybridized carbons (Fsp3) is 0.550. The maximum atomic E-state index is 12.4. The normalized spacial score (nSPS) is 12.6. The Hall–Kier alpha value is -2.77. The summed E-state index contributed by atoms with van der Waals surface area (Å²) in [6, 6.07) is 5.07. The zero-order chi connectivity index (χ0) is 21.5. The summed E-state index contributed by atoms with van der Waals surface area (Å²) in [5, 5.41) is 11.8. The minimum atomic E-state index is -1.08. The van der Waals surface area contributed by atoms with Gasteiger partial charge in [0.15, 0.2) is 6.61 Å². The van der Waals surface area contributed by atoms with E-state index in [0.29, 0.717) is 5.56 Å². The molecule has 1 rings (SSSR count). The van der Waals surface area contributed by atoms with Gasteiger partial charge in [-0.15, -0.1) is 0 Å². The largest absolute Gasteiger partial charge is 0.508 e. The van der Waals surface area contributed by atoms with Crippen LogP contribution in [-0.2, 0) is 30.2 Å². The minimum absolute atomic E-state index is 0.0768. The fourth-order valence-corrected chi connectivity index (χ4v) is 2.11. The predicted molar refractivity (Wildman–Crippen MR) is 102 cm³/mol. The first-order valence-electron chi connectivity index (χ1n) is 8.91. The Balaban J connectivity index is 2.80. The van der Waals surface area contributed by atoms with Crippen molar-refractivity contribution in [3.8, 4) is 5.75 Å². The van der Waals surface area contributed by atoms with Crippen LogP contribution in [0.4, 0.5) is 4.79 Å². The van der Waals surface area contributed by atoms with Crippen molar-refractivity contribution in [3.63, 3.8) is 0 Å². The number of nitrogens with one attached hydrogen (secondary N) is 1. The van der Waals surface area contributed by atoms with Crippen molar-refractivity contribution in [2.75, 3.05) is 6.61 Å². The van der Waals surface area contributed by atoms with Crippen molar-refractivity contribution in [2.45, 2.75) is 65.2 Å². The predicted octanol–water partition coefficient (Wildman–Crippen LogP) is 2.71. The Morgan fingerprint density at radius 1 is 0.964 bits per heavy atom. The summed E-state index contributed by atoms with van der Waals surface area (Å²) < 4.78 is 15.3. The summed E-state index contributed by atoms with van der Waals surface area (Å²) in [5.41, 5.74) is -0.773. The van der Waals surface area contributed by atoms with Crippen LogP contribution in [0.1, 0.15) is 47.1 Å². The molecule has 0 fully saturated rings. The molecule has 1 atom stereocenters. The van der Waals surface area contributed by atoms with E-state index in [1.165, 1.54) is 12.1 Å². The number of amides is 1. The molecule has 28 heavy (non-hydrogen) atoms. The van der Waals surface area contributed by atoms with Gasteiger partial charge in [0, 0.05) is 6.42 Å². The standard InChI is InChI=1S/C20H29NO7/c1-19(2,3)27-16(23)12-26-17(24)15(21-18(25)28-20(4,5)6)11-13-7-9-14(22)10-8-13/h7-10,15,22H,11-12H2,1-6H3,(H,21,25)/t15-/m0/s1. The average molecular weight is 395 g/mol. The summed E-state index contributed by atoms with van der Waals surface area (Å²) in [4.78, 5) is 36.3. The van der Waals surface area contributed by atoms with Crippen molar-refractivity contribution in [1.82, 2.24) is 5.32 Å². The molecule has 8 nitrogen and oxygen atoms in total. The molecule has 0 unspecified atom stereocenters. The Morgan fingerprint density at radius 2 is 1.50 bits per heavy atom. The van der Waals surface area contributed by atoms with Gasteiger partial charge in [-0.3, -0.25) is 0 Å².